The van der Waals surface area contributed by atoms with E-state index < -0.39 is 0 Å². The molecule has 4 nitrogen and oxygen atoms in total. The van der Waals surface area contributed by atoms with Gasteiger partial charge in [0, 0.05) is 37.4 Å². The van der Waals surface area contributed by atoms with Crippen LogP contribution in [0.3, 0.4) is 0 Å². The van der Waals surface area contributed by atoms with Gasteiger partial charge >= 0.3 is 0 Å². The van der Waals surface area contributed by atoms with Crippen LogP contribution in [0.25, 0.3) is 10.8 Å². The van der Waals surface area contributed by atoms with Gasteiger partial charge in [0.2, 0.25) is 0 Å². The van der Waals surface area contributed by atoms with E-state index in [-0.39, 0.29) is 5.91 Å². The van der Waals surface area contributed by atoms with Crippen LogP contribution in [0.1, 0.15) is 47.2 Å². The zero-order valence-electron chi connectivity index (χ0n) is 21.8. The Bertz CT molecular complexity index is 1300. The Balaban J connectivity index is 1.28. The van der Waals surface area contributed by atoms with E-state index in [0.29, 0.717) is 19.0 Å². The van der Waals surface area contributed by atoms with Crippen molar-refractivity contribution in [1.29, 1.82) is 0 Å². The summed E-state index contributed by atoms with van der Waals surface area (Å²) >= 11 is 0. The number of nitrogens with zero attached hydrogens (tertiary/aromatic N) is 2. The molecule has 0 unspecified atom stereocenters. The van der Waals surface area contributed by atoms with E-state index in [1.54, 1.807) is 0 Å². The number of nitrogens with one attached hydrogen (secondary N) is 1. The van der Waals surface area contributed by atoms with Crippen LogP contribution < -0.4 is 5.32 Å². The number of piperidine rings is 1. The molecule has 1 amide bonds. The smallest absolute Gasteiger partial charge is 0.253 e. The maximum Gasteiger partial charge on any atom is 0.253 e. The third-order valence-corrected chi connectivity index (χ3v) is 7.60. The third-order valence-electron chi connectivity index (χ3n) is 7.60. The van der Waals surface area contributed by atoms with Crippen molar-refractivity contribution in [3.8, 4) is 0 Å². The van der Waals surface area contributed by atoms with Crippen LogP contribution in [0.4, 0.5) is 5.69 Å². The molecule has 4 aromatic carbocycles. The number of benzene rings is 4. The van der Waals surface area contributed by atoms with E-state index in [1.165, 1.54) is 27.6 Å². The highest BCUT2D eigenvalue weighted by Gasteiger charge is 2.24. The number of amides is 1. The van der Waals surface area contributed by atoms with E-state index in [1.807, 2.05) is 42.2 Å². The minimum Gasteiger partial charge on any atom is -0.383 e. The second-order valence-electron chi connectivity index (χ2n) is 9.96. The lowest BCUT2D eigenvalue weighted by Gasteiger charge is -2.34. The summed E-state index contributed by atoms with van der Waals surface area (Å²) < 4.78 is 0. The second-order valence-corrected chi connectivity index (χ2v) is 9.96. The topological polar surface area (TPSA) is 35.6 Å². The first-order chi connectivity index (χ1) is 18.2. The van der Waals surface area contributed by atoms with Gasteiger partial charge in [0.25, 0.3) is 5.91 Å². The van der Waals surface area contributed by atoms with Crippen LogP contribution in [-0.4, -0.2) is 48.4 Å². The summed E-state index contributed by atoms with van der Waals surface area (Å²) in [6.07, 6.45) is 2.31. The summed E-state index contributed by atoms with van der Waals surface area (Å²) in [5.41, 5.74) is 4.79. The molecule has 0 saturated carbocycles. The third kappa shape index (κ3) is 6.03. The summed E-state index contributed by atoms with van der Waals surface area (Å²) in [7, 11) is 0. The molecule has 37 heavy (non-hydrogen) atoms. The van der Waals surface area contributed by atoms with Crippen molar-refractivity contribution in [2.75, 3.05) is 38.0 Å². The highest BCUT2D eigenvalue weighted by Crippen LogP contribution is 2.38. The van der Waals surface area contributed by atoms with E-state index in [4.69, 9.17) is 0 Å². The molecule has 1 heterocycles. The van der Waals surface area contributed by atoms with Crippen LogP contribution in [0, 0.1) is 0 Å². The van der Waals surface area contributed by atoms with Gasteiger partial charge in [0.1, 0.15) is 0 Å². The lowest BCUT2D eigenvalue weighted by Crippen LogP contribution is -2.35. The average Bonchev–Trinajstić information content (AvgIpc) is 2.96. The van der Waals surface area contributed by atoms with Crippen LogP contribution in [0.2, 0.25) is 0 Å². The summed E-state index contributed by atoms with van der Waals surface area (Å²) in [5.74, 6) is 0.614. The molecule has 4 heteroatoms. The van der Waals surface area contributed by atoms with Crippen molar-refractivity contribution in [2.45, 2.75) is 32.2 Å². The maximum absolute atomic E-state index is 13.0. The molecule has 0 aliphatic carbocycles. The number of carbonyl (C=O) groups is 1. The summed E-state index contributed by atoms with van der Waals surface area (Å²) in [6.45, 7) is 7.38. The number of carbonyl (C=O) groups excluding carboxylic acids is 1. The normalized spacial score (nSPS) is 14.5. The van der Waals surface area contributed by atoms with Gasteiger partial charge in [-0.05, 0) is 78.9 Å². The van der Waals surface area contributed by atoms with Gasteiger partial charge in [0.15, 0.2) is 0 Å². The molecule has 1 N–H and O–H groups in total. The SMILES string of the molecule is CCN(CCNc1ccc2ccccc2c1C1CCN(Cc2ccccc2)CC1)C(=O)c1ccccc1. The van der Waals surface area contributed by atoms with Gasteiger partial charge in [-0.2, -0.15) is 0 Å². The zero-order chi connectivity index (χ0) is 25.5. The summed E-state index contributed by atoms with van der Waals surface area (Å²) in [4.78, 5) is 17.5. The summed E-state index contributed by atoms with van der Waals surface area (Å²) in [5, 5.41) is 6.36. The Hall–Kier alpha value is -3.63. The molecule has 0 aromatic heterocycles. The Morgan fingerprint density at radius 3 is 2.27 bits per heavy atom. The number of rotatable bonds is 9. The summed E-state index contributed by atoms with van der Waals surface area (Å²) in [6, 6.07) is 33.6. The number of anilines is 1. The van der Waals surface area contributed by atoms with E-state index in [0.717, 1.165) is 44.6 Å². The Kier molecular flexibility index (Phi) is 8.17. The predicted molar refractivity (Wildman–Crippen MR) is 154 cm³/mol. The van der Waals surface area contributed by atoms with Crippen molar-refractivity contribution in [2.24, 2.45) is 0 Å². The molecule has 1 saturated heterocycles. The molecule has 0 atom stereocenters. The van der Waals surface area contributed by atoms with Crippen LogP contribution in [0.15, 0.2) is 97.1 Å². The van der Waals surface area contributed by atoms with Crippen molar-refractivity contribution in [3.05, 3.63) is 114 Å². The maximum atomic E-state index is 13.0. The number of hydrogen-bond donors (Lipinski definition) is 1. The van der Waals surface area contributed by atoms with E-state index in [2.05, 4.69) is 76.9 Å². The first-order valence-electron chi connectivity index (χ1n) is 13.6. The quantitative estimate of drug-likeness (QED) is 0.280. The average molecular weight is 492 g/mol. The number of hydrogen-bond acceptors (Lipinski definition) is 3. The van der Waals surface area contributed by atoms with Gasteiger partial charge in [-0.15, -0.1) is 0 Å². The molecule has 1 aliphatic rings. The molecule has 0 spiro atoms. The fourth-order valence-corrected chi connectivity index (χ4v) is 5.60. The molecule has 1 fully saturated rings. The minimum atomic E-state index is 0.0921. The van der Waals surface area contributed by atoms with Gasteiger partial charge < -0.3 is 10.2 Å². The van der Waals surface area contributed by atoms with Crippen LogP contribution >= 0.6 is 0 Å². The van der Waals surface area contributed by atoms with Crippen molar-refractivity contribution < 1.29 is 4.79 Å². The number of likely N-dealkylation sites (tertiary alicyclic amines) is 1. The second kappa shape index (κ2) is 12.1. The zero-order valence-corrected chi connectivity index (χ0v) is 21.8. The van der Waals surface area contributed by atoms with E-state index in [9.17, 15) is 4.79 Å². The Morgan fingerprint density at radius 1 is 0.865 bits per heavy atom. The molecule has 1 aliphatic heterocycles. The largest absolute Gasteiger partial charge is 0.383 e. The van der Waals surface area contributed by atoms with Crippen LogP contribution in [0.5, 0.6) is 0 Å². The molecule has 190 valence electrons. The van der Waals surface area contributed by atoms with Crippen molar-refractivity contribution in [1.82, 2.24) is 9.80 Å². The van der Waals surface area contributed by atoms with E-state index >= 15 is 0 Å². The van der Waals surface area contributed by atoms with Crippen molar-refractivity contribution in [3.63, 3.8) is 0 Å². The molecular formula is C33H37N3O. The molecule has 5 rings (SSSR count). The number of fused-ring (bicyclic) bond motifs is 1. The monoisotopic (exact) mass is 491 g/mol. The lowest BCUT2D eigenvalue weighted by molar-refractivity contribution is 0.0770. The van der Waals surface area contributed by atoms with Gasteiger partial charge in [-0.25, -0.2) is 0 Å². The standard InChI is InChI=1S/C33H37N3O/c1-2-36(33(37)29-14-7-4-8-15-29)24-21-34-31-18-17-27-13-9-10-16-30(27)32(31)28-19-22-35(23-20-28)25-26-11-5-3-6-12-26/h3-18,28,34H,2,19-25H2,1H3. The number of likely N-dealkylation sites (N-methyl/N-ethyl adjacent to an activating group) is 1. The first kappa shape index (κ1) is 25.0. The Morgan fingerprint density at radius 2 is 1.54 bits per heavy atom. The highest BCUT2D eigenvalue weighted by atomic mass is 16.2. The predicted octanol–water partition coefficient (Wildman–Crippen LogP) is 6.79. The Labute approximate surface area is 220 Å². The van der Waals surface area contributed by atoms with Crippen LogP contribution in [-0.2, 0) is 6.54 Å². The molecule has 0 radical (unpaired) electrons. The fourth-order valence-electron chi connectivity index (χ4n) is 5.60. The van der Waals surface area contributed by atoms with Gasteiger partial charge in [-0.3, -0.25) is 9.69 Å². The van der Waals surface area contributed by atoms with Gasteiger partial charge in [-0.1, -0.05) is 78.9 Å². The molecular weight excluding hydrogens is 454 g/mol. The highest BCUT2D eigenvalue weighted by molar-refractivity contribution is 5.94. The lowest BCUT2D eigenvalue weighted by atomic mass is 9.85. The van der Waals surface area contributed by atoms with Crippen molar-refractivity contribution >= 4 is 22.4 Å². The van der Waals surface area contributed by atoms with Gasteiger partial charge in [0.05, 0.1) is 0 Å². The molecule has 0 bridgehead atoms. The fraction of sp³-hybridized carbons (Fsp3) is 0.303. The molecule has 4 aromatic rings. The first-order valence-corrected chi connectivity index (χ1v) is 13.6. The minimum absolute atomic E-state index is 0.0921.